The van der Waals surface area contributed by atoms with E-state index in [1.807, 2.05) is 21.6 Å². The fourth-order valence-electron chi connectivity index (χ4n) is 3.12. The molecule has 0 radical (unpaired) electrons. The largest absolute Gasteiger partial charge is 0.391 e. The van der Waals surface area contributed by atoms with Gasteiger partial charge in [0.1, 0.15) is 0 Å². The number of hydrogen-bond acceptors (Lipinski definition) is 7. The van der Waals surface area contributed by atoms with Crippen molar-refractivity contribution >= 4 is 43.2 Å². The number of aliphatic hydroxyl groups is 2. The third kappa shape index (κ3) is 2.56. The third-order valence-corrected chi connectivity index (χ3v) is 10.1. The Bertz CT molecular complexity index is 281. The average molecular weight is 326 g/mol. The van der Waals surface area contributed by atoms with E-state index in [1.165, 1.54) is 0 Å². The Hall–Kier alpha value is 1.28. The molecular weight excluding hydrogens is 306 g/mol. The van der Waals surface area contributed by atoms with Crippen molar-refractivity contribution in [3.05, 3.63) is 0 Å². The molecule has 2 unspecified atom stereocenters. The van der Waals surface area contributed by atoms with Gasteiger partial charge in [-0.2, -0.15) is 0 Å². The molecule has 0 aromatic rings. The van der Waals surface area contributed by atoms with Gasteiger partial charge in [-0.3, -0.25) is 4.90 Å². The van der Waals surface area contributed by atoms with Gasteiger partial charge < -0.3 is 10.2 Å². The summed E-state index contributed by atoms with van der Waals surface area (Å²) < 4.78 is 0. The lowest BCUT2D eigenvalue weighted by molar-refractivity contribution is 0.122. The second-order valence-corrected chi connectivity index (χ2v) is 10.4. The normalized spacial score (nSPS) is 50.2. The molecule has 104 valence electrons. The molecule has 6 atom stereocenters. The van der Waals surface area contributed by atoms with Crippen LogP contribution < -0.4 is 0 Å². The first-order valence-electron chi connectivity index (χ1n) is 6.33. The van der Waals surface area contributed by atoms with E-state index in [4.69, 9.17) is 0 Å². The maximum absolute atomic E-state index is 10.0. The van der Waals surface area contributed by atoms with Gasteiger partial charge in [-0.1, -0.05) is 43.2 Å². The van der Waals surface area contributed by atoms with Crippen molar-refractivity contribution in [3.63, 3.8) is 0 Å². The standard InChI is InChI=1S/C11H19NO2S4/c1-12-6(10-8(13)4-15-17-10)2-3-7(12)11-9(14)5-16-18-11/h6-11,13-14H,2-5H2,1H3/t6-,7-,8+,9+,10?,11?/m1/s1. The van der Waals surface area contributed by atoms with Crippen LogP contribution in [0.2, 0.25) is 0 Å². The van der Waals surface area contributed by atoms with Crippen LogP contribution in [-0.4, -0.2) is 68.5 Å². The second-order valence-electron chi connectivity index (χ2n) is 5.20. The molecule has 3 rings (SSSR count). The first-order chi connectivity index (χ1) is 8.68. The van der Waals surface area contributed by atoms with Crippen molar-refractivity contribution in [1.29, 1.82) is 0 Å². The topological polar surface area (TPSA) is 43.7 Å². The van der Waals surface area contributed by atoms with E-state index in [0.29, 0.717) is 22.6 Å². The van der Waals surface area contributed by atoms with E-state index in [0.717, 1.165) is 24.3 Å². The molecule has 3 saturated heterocycles. The first kappa shape index (κ1) is 14.2. The van der Waals surface area contributed by atoms with E-state index < -0.39 is 0 Å². The predicted molar refractivity (Wildman–Crippen MR) is 84.3 cm³/mol. The van der Waals surface area contributed by atoms with Crippen LogP contribution in [0.1, 0.15) is 12.8 Å². The van der Waals surface area contributed by atoms with Crippen molar-refractivity contribution in [3.8, 4) is 0 Å². The van der Waals surface area contributed by atoms with Crippen LogP contribution in [0, 0.1) is 0 Å². The maximum atomic E-state index is 10.0. The second kappa shape index (κ2) is 5.95. The van der Waals surface area contributed by atoms with Crippen LogP contribution in [0.3, 0.4) is 0 Å². The highest BCUT2D eigenvalue weighted by Gasteiger charge is 2.46. The molecule has 3 aliphatic heterocycles. The maximum Gasteiger partial charge on any atom is 0.0780 e. The Balaban J connectivity index is 1.66. The summed E-state index contributed by atoms with van der Waals surface area (Å²) in [6.45, 7) is 0. The Morgan fingerprint density at radius 3 is 1.67 bits per heavy atom. The molecule has 2 N–H and O–H groups in total. The van der Waals surface area contributed by atoms with Gasteiger partial charge >= 0.3 is 0 Å². The minimum atomic E-state index is -0.165. The number of rotatable bonds is 2. The molecule has 0 spiro atoms. The Labute approximate surface area is 124 Å². The Kier molecular flexibility index (Phi) is 4.71. The summed E-state index contributed by atoms with van der Waals surface area (Å²) in [4.78, 5) is 2.43. The van der Waals surface area contributed by atoms with Crippen LogP contribution in [0.15, 0.2) is 0 Å². The van der Waals surface area contributed by atoms with E-state index in [-0.39, 0.29) is 12.2 Å². The van der Waals surface area contributed by atoms with E-state index in [1.54, 1.807) is 21.6 Å². The van der Waals surface area contributed by atoms with Gasteiger partial charge in [0.25, 0.3) is 0 Å². The molecule has 3 nitrogen and oxygen atoms in total. The lowest BCUT2D eigenvalue weighted by atomic mass is 10.1. The molecule has 0 saturated carbocycles. The van der Waals surface area contributed by atoms with E-state index in [9.17, 15) is 10.2 Å². The van der Waals surface area contributed by atoms with Crippen molar-refractivity contribution in [1.82, 2.24) is 4.90 Å². The monoisotopic (exact) mass is 325 g/mol. The lowest BCUT2D eigenvalue weighted by Gasteiger charge is -2.33. The van der Waals surface area contributed by atoms with Gasteiger partial charge in [0.2, 0.25) is 0 Å². The van der Waals surface area contributed by atoms with Crippen molar-refractivity contribution < 1.29 is 10.2 Å². The first-order valence-corrected chi connectivity index (χ1v) is 11.1. The van der Waals surface area contributed by atoms with Gasteiger partial charge in [0.05, 0.1) is 22.7 Å². The number of nitrogens with zero attached hydrogens (tertiary/aromatic N) is 1. The highest BCUT2D eigenvalue weighted by molar-refractivity contribution is 8.77. The molecule has 0 bridgehead atoms. The van der Waals surface area contributed by atoms with Gasteiger partial charge in [-0.25, -0.2) is 0 Å². The van der Waals surface area contributed by atoms with Crippen LogP contribution in [-0.2, 0) is 0 Å². The zero-order chi connectivity index (χ0) is 12.7. The summed E-state index contributed by atoms with van der Waals surface area (Å²) in [5.74, 6) is 1.72. The minimum Gasteiger partial charge on any atom is -0.391 e. The number of aliphatic hydroxyl groups excluding tert-OH is 2. The summed E-state index contributed by atoms with van der Waals surface area (Å²) in [5, 5.41) is 20.8. The van der Waals surface area contributed by atoms with Crippen LogP contribution in [0.5, 0.6) is 0 Å². The quantitative estimate of drug-likeness (QED) is 0.749. The van der Waals surface area contributed by atoms with Crippen LogP contribution in [0.25, 0.3) is 0 Å². The summed E-state index contributed by atoms with van der Waals surface area (Å²) in [5.41, 5.74) is 0. The molecule has 3 aliphatic rings. The van der Waals surface area contributed by atoms with Gasteiger partial charge in [-0.05, 0) is 19.9 Å². The highest BCUT2D eigenvalue weighted by Crippen LogP contribution is 2.48. The fourth-order valence-corrected chi connectivity index (χ4v) is 9.68. The Morgan fingerprint density at radius 1 is 0.889 bits per heavy atom. The smallest absolute Gasteiger partial charge is 0.0780 e. The van der Waals surface area contributed by atoms with Crippen LogP contribution >= 0.6 is 43.2 Å². The zero-order valence-corrected chi connectivity index (χ0v) is 13.5. The van der Waals surface area contributed by atoms with Gasteiger partial charge in [-0.15, -0.1) is 0 Å². The number of hydrogen-bond donors (Lipinski definition) is 2. The molecule has 7 heteroatoms. The molecule has 18 heavy (non-hydrogen) atoms. The third-order valence-electron chi connectivity index (χ3n) is 4.16. The van der Waals surface area contributed by atoms with Crippen molar-refractivity contribution in [2.45, 2.75) is 47.6 Å². The summed E-state index contributed by atoms with van der Waals surface area (Å²) >= 11 is 0. The lowest BCUT2D eigenvalue weighted by Crippen LogP contribution is -2.47. The van der Waals surface area contributed by atoms with Crippen molar-refractivity contribution in [2.24, 2.45) is 0 Å². The SMILES string of the molecule is CN1[C@@H](C2SSC[C@@H]2O)CC[C@@H]1C1SSC[C@@H]1O. The molecule has 0 amide bonds. The Morgan fingerprint density at radius 2 is 1.33 bits per heavy atom. The van der Waals surface area contributed by atoms with Gasteiger partial charge in [0.15, 0.2) is 0 Å². The number of likely N-dealkylation sites (tertiary alicyclic amines) is 1. The molecule has 0 aromatic carbocycles. The molecule has 3 heterocycles. The van der Waals surface area contributed by atoms with Crippen molar-refractivity contribution in [2.75, 3.05) is 18.6 Å². The molecule has 0 aromatic heterocycles. The average Bonchev–Trinajstić information content (AvgIpc) is 3.01. The fraction of sp³-hybridized carbons (Fsp3) is 1.00. The summed E-state index contributed by atoms with van der Waals surface area (Å²) in [6.07, 6.45) is 1.99. The summed E-state index contributed by atoms with van der Waals surface area (Å²) in [6, 6.07) is 0.951. The van der Waals surface area contributed by atoms with E-state index in [2.05, 4.69) is 11.9 Å². The minimum absolute atomic E-state index is 0.165. The highest BCUT2D eigenvalue weighted by atomic mass is 33.1. The predicted octanol–water partition coefficient (Wildman–Crippen LogP) is 1.70. The van der Waals surface area contributed by atoms with Crippen LogP contribution in [0.4, 0.5) is 0 Å². The molecule has 0 aliphatic carbocycles. The van der Waals surface area contributed by atoms with Gasteiger partial charge in [0, 0.05) is 23.6 Å². The van der Waals surface area contributed by atoms with E-state index >= 15 is 0 Å². The molecule has 3 fully saturated rings. The zero-order valence-electron chi connectivity index (χ0n) is 10.3. The summed E-state index contributed by atoms with van der Waals surface area (Å²) in [7, 11) is 9.46. The molecular formula is C11H19NO2S4.